The first-order chi connectivity index (χ1) is 8.08. The molecule has 0 aliphatic rings. The van der Waals surface area contributed by atoms with Crippen molar-refractivity contribution in [1.29, 1.82) is 0 Å². The second-order valence-corrected chi connectivity index (χ2v) is 3.89. The van der Waals surface area contributed by atoms with Crippen LogP contribution in [-0.4, -0.2) is 15.8 Å². The molecule has 0 aliphatic heterocycles. The summed E-state index contributed by atoms with van der Waals surface area (Å²) in [4.78, 5) is 23.7. The highest BCUT2D eigenvalue weighted by Crippen LogP contribution is 2.27. The summed E-state index contributed by atoms with van der Waals surface area (Å²) >= 11 is 0. The Morgan fingerprint density at radius 2 is 2.18 bits per heavy atom. The van der Waals surface area contributed by atoms with Crippen LogP contribution in [0.2, 0.25) is 0 Å². The highest BCUT2D eigenvalue weighted by atomic mass is 31.1. The molecule has 2 rings (SSSR count). The van der Waals surface area contributed by atoms with Crippen molar-refractivity contribution in [1.82, 2.24) is 4.98 Å². The van der Waals surface area contributed by atoms with Crippen molar-refractivity contribution in [2.75, 3.05) is 0 Å². The van der Waals surface area contributed by atoms with Crippen molar-refractivity contribution in [2.45, 2.75) is 0 Å². The minimum Gasteiger partial charge on any atom is -0.364 e. The molecule has 1 heterocycles. The minimum atomic E-state index is -2.74. The van der Waals surface area contributed by atoms with Crippen LogP contribution >= 0.6 is 8.25 Å². The smallest absolute Gasteiger partial charge is 0.364 e. The van der Waals surface area contributed by atoms with Gasteiger partial charge in [-0.2, -0.15) is 0 Å². The van der Waals surface area contributed by atoms with Gasteiger partial charge in [-0.25, -0.2) is 4.52 Å². The SMILES string of the molecule is NC(=O)c1nccc2ccc(O[P+](=O)O)cc12. The second-order valence-electron chi connectivity index (χ2n) is 3.24. The van der Waals surface area contributed by atoms with E-state index in [1.807, 2.05) is 0 Å². The Morgan fingerprint density at radius 1 is 1.41 bits per heavy atom. The van der Waals surface area contributed by atoms with Crippen LogP contribution in [0.25, 0.3) is 10.8 Å². The molecule has 0 fully saturated rings. The molecule has 6 nitrogen and oxygen atoms in total. The van der Waals surface area contributed by atoms with Crippen molar-refractivity contribution in [2.24, 2.45) is 5.73 Å². The fourth-order valence-electron chi connectivity index (χ4n) is 1.49. The van der Waals surface area contributed by atoms with E-state index in [0.717, 1.165) is 5.39 Å². The van der Waals surface area contributed by atoms with E-state index < -0.39 is 14.2 Å². The van der Waals surface area contributed by atoms with Gasteiger partial charge in [0.1, 0.15) is 5.69 Å². The largest absolute Gasteiger partial charge is 0.747 e. The first-order valence-corrected chi connectivity index (χ1v) is 5.73. The van der Waals surface area contributed by atoms with Crippen molar-refractivity contribution in [3.63, 3.8) is 0 Å². The number of benzene rings is 1. The monoisotopic (exact) mass is 251 g/mol. The van der Waals surface area contributed by atoms with E-state index >= 15 is 0 Å². The van der Waals surface area contributed by atoms with E-state index in [9.17, 15) is 9.36 Å². The molecule has 1 aromatic heterocycles. The Balaban J connectivity index is 2.61. The Hall–Kier alpha value is -2.04. The molecule has 1 aromatic carbocycles. The molecule has 0 aliphatic carbocycles. The van der Waals surface area contributed by atoms with Crippen molar-refractivity contribution < 1.29 is 18.8 Å². The van der Waals surface area contributed by atoms with Crippen LogP contribution in [0.3, 0.4) is 0 Å². The van der Waals surface area contributed by atoms with Gasteiger partial charge in [0.05, 0.1) is 0 Å². The maximum Gasteiger partial charge on any atom is 0.747 e. The Bertz CT molecular complexity index is 614. The number of carbonyl (C=O) groups excluding carboxylic acids is 1. The van der Waals surface area contributed by atoms with Gasteiger partial charge in [-0.3, -0.25) is 9.78 Å². The van der Waals surface area contributed by atoms with Gasteiger partial charge in [0.2, 0.25) is 0 Å². The van der Waals surface area contributed by atoms with Crippen molar-refractivity contribution in [3.05, 3.63) is 36.2 Å². The summed E-state index contributed by atoms with van der Waals surface area (Å²) in [6.07, 6.45) is 1.47. The molecular formula is C10H8N2O4P+. The van der Waals surface area contributed by atoms with Crippen LogP contribution in [0.5, 0.6) is 5.75 Å². The minimum absolute atomic E-state index is 0.0983. The van der Waals surface area contributed by atoms with Gasteiger partial charge < -0.3 is 5.73 Å². The topological polar surface area (TPSA) is 103 Å². The lowest BCUT2D eigenvalue weighted by atomic mass is 10.1. The van der Waals surface area contributed by atoms with E-state index in [1.54, 1.807) is 12.1 Å². The molecule has 0 saturated heterocycles. The number of carbonyl (C=O) groups is 1. The van der Waals surface area contributed by atoms with E-state index in [-0.39, 0.29) is 11.4 Å². The third-order valence-corrected chi connectivity index (χ3v) is 2.52. The number of hydrogen-bond acceptors (Lipinski definition) is 4. The number of amides is 1. The number of fused-ring (bicyclic) bond motifs is 1. The number of aromatic nitrogens is 1. The number of hydrogen-bond donors (Lipinski definition) is 2. The average molecular weight is 251 g/mol. The molecule has 1 amide bonds. The van der Waals surface area contributed by atoms with Crippen molar-refractivity contribution in [3.8, 4) is 5.75 Å². The third-order valence-electron chi connectivity index (χ3n) is 2.15. The molecule has 0 radical (unpaired) electrons. The number of nitrogens with zero attached hydrogens (tertiary/aromatic N) is 1. The van der Waals surface area contributed by atoms with Gasteiger partial charge in [-0.05, 0) is 23.6 Å². The van der Waals surface area contributed by atoms with E-state index in [1.165, 1.54) is 18.3 Å². The van der Waals surface area contributed by atoms with Crippen LogP contribution in [0.4, 0.5) is 0 Å². The Kier molecular flexibility index (Phi) is 2.99. The highest BCUT2D eigenvalue weighted by Gasteiger charge is 2.16. The fraction of sp³-hybridized carbons (Fsp3) is 0. The lowest BCUT2D eigenvalue weighted by Gasteiger charge is -2.02. The number of pyridine rings is 1. The number of primary amides is 1. The lowest BCUT2D eigenvalue weighted by molar-refractivity contribution is 0.0997. The molecule has 86 valence electrons. The summed E-state index contributed by atoms with van der Waals surface area (Å²) in [7, 11) is -2.74. The van der Waals surface area contributed by atoms with Crippen LogP contribution in [0.15, 0.2) is 30.5 Å². The zero-order chi connectivity index (χ0) is 12.4. The standard InChI is InChI=1S/C10H7N2O4P/c11-10(13)9-8-5-7(16-17(14)15)2-1-6(8)3-4-12-9/h1-5H,(H2-,11,13,14,15)/p+1. The van der Waals surface area contributed by atoms with Crippen LogP contribution < -0.4 is 10.3 Å². The molecule has 0 spiro atoms. The Morgan fingerprint density at radius 3 is 2.82 bits per heavy atom. The van der Waals surface area contributed by atoms with Gasteiger partial charge in [0.15, 0.2) is 5.75 Å². The number of rotatable bonds is 3. The molecule has 7 heteroatoms. The third kappa shape index (κ3) is 2.38. The lowest BCUT2D eigenvalue weighted by Crippen LogP contribution is -2.13. The van der Waals surface area contributed by atoms with Gasteiger partial charge in [0, 0.05) is 16.1 Å². The summed E-state index contributed by atoms with van der Waals surface area (Å²) in [6.45, 7) is 0. The fourth-order valence-corrected chi connectivity index (χ4v) is 1.78. The quantitative estimate of drug-likeness (QED) is 0.802. The van der Waals surface area contributed by atoms with Crippen molar-refractivity contribution >= 4 is 24.9 Å². The molecule has 0 bridgehead atoms. The molecular weight excluding hydrogens is 243 g/mol. The van der Waals surface area contributed by atoms with Crippen LogP contribution in [0.1, 0.15) is 10.5 Å². The molecule has 3 N–H and O–H groups in total. The summed E-state index contributed by atoms with van der Waals surface area (Å²) in [5, 5.41) is 1.23. The predicted molar refractivity (Wildman–Crippen MR) is 60.7 cm³/mol. The van der Waals surface area contributed by atoms with Crippen LogP contribution in [0, 0.1) is 0 Å². The molecule has 1 atom stereocenters. The maximum absolute atomic E-state index is 11.2. The van der Waals surface area contributed by atoms with Gasteiger partial charge in [0.25, 0.3) is 5.91 Å². The summed E-state index contributed by atoms with van der Waals surface area (Å²) in [6, 6.07) is 6.32. The summed E-state index contributed by atoms with van der Waals surface area (Å²) in [5.74, 6) is -0.488. The first-order valence-electron chi connectivity index (χ1n) is 4.60. The maximum atomic E-state index is 11.2. The first kappa shape index (κ1) is 11.4. The van der Waals surface area contributed by atoms with E-state index in [4.69, 9.17) is 10.6 Å². The summed E-state index contributed by atoms with van der Waals surface area (Å²) < 4.78 is 15.2. The normalized spacial score (nSPS) is 11.2. The summed E-state index contributed by atoms with van der Waals surface area (Å²) in [5.41, 5.74) is 5.28. The van der Waals surface area contributed by atoms with Gasteiger partial charge in [-0.15, -0.1) is 4.89 Å². The predicted octanol–water partition coefficient (Wildman–Crippen LogP) is 1.36. The van der Waals surface area contributed by atoms with Gasteiger partial charge in [-0.1, -0.05) is 6.07 Å². The van der Waals surface area contributed by atoms with E-state index in [2.05, 4.69) is 9.51 Å². The number of nitrogens with two attached hydrogens (primary N) is 1. The highest BCUT2D eigenvalue weighted by molar-refractivity contribution is 7.32. The van der Waals surface area contributed by atoms with Gasteiger partial charge >= 0.3 is 8.25 Å². The molecule has 1 unspecified atom stereocenters. The zero-order valence-corrected chi connectivity index (χ0v) is 9.42. The second kappa shape index (κ2) is 4.45. The molecule has 0 saturated carbocycles. The molecule has 17 heavy (non-hydrogen) atoms. The molecule has 2 aromatic rings. The van der Waals surface area contributed by atoms with Crippen LogP contribution in [-0.2, 0) is 4.57 Å². The Labute approximate surface area is 97.0 Å². The zero-order valence-electron chi connectivity index (χ0n) is 8.53. The average Bonchev–Trinajstić information content (AvgIpc) is 2.27. The van der Waals surface area contributed by atoms with E-state index in [0.29, 0.717) is 5.39 Å².